The summed E-state index contributed by atoms with van der Waals surface area (Å²) in [5, 5.41) is 12.7. The summed E-state index contributed by atoms with van der Waals surface area (Å²) >= 11 is 2.54. The van der Waals surface area contributed by atoms with Gasteiger partial charge in [-0.15, -0.1) is 0 Å². The van der Waals surface area contributed by atoms with Crippen LogP contribution < -0.4 is 15.9 Å². The molecule has 0 aliphatic heterocycles. The zero-order valence-corrected chi connectivity index (χ0v) is 21.5. The van der Waals surface area contributed by atoms with Crippen molar-refractivity contribution in [3.63, 3.8) is 0 Å². The van der Waals surface area contributed by atoms with Gasteiger partial charge in [-0.05, 0) is 64.4 Å². The largest absolute Gasteiger partial charge is 0.112 e. The Morgan fingerprint density at radius 2 is 1.06 bits per heavy atom. The highest BCUT2D eigenvalue weighted by Crippen LogP contribution is 2.57. The molecule has 0 spiro atoms. The van der Waals surface area contributed by atoms with E-state index in [1.165, 1.54) is 65.2 Å². The van der Waals surface area contributed by atoms with Gasteiger partial charge >= 0.3 is 0 Å². The van der Waals surface area contributed by atoms with E-state index in [1.54, 1.807) is 0 Å². The van der Waals surface area contributed by atoms with Crippen LogP contribution in [0.4, 0.5) is 0 Å². The molecule has 0 aliphatic rings. The Bertz CT molecular complexity index is 1480. The van der Waals surface area contributed by atoms with Crippen molar-refractivity contribution in [2.45, 2.75) is 6.42 Å². The molecule has 0 heterocycles. The van der Waals surface area contributed by atoms with Gasteiger partial charge in [0.1, 0.15) is 23.2 Å². The molecule has 2 heteroatoms. The van der Waals surface area contributed by atoms with E-state index in [4.69, 9.17) is 0 Å². The van der Waals surface area contributed by atoms with Gasteiger partial charge < -0.3 is 0 Å². The Morgan fingerprint density at radius 3 is 1.67 bits per heavy atom. The SMILES string of the molecule is ICCC[P+](c1ccccc1)(c1ccccc1)c1ccc2ccc3cccc4ccc1c2c34. The Morgan fingerprint density at radius 1 is 0.515 bits per heavy atom. The summed E-state index contributed by atoms with van der Waals surface area (Å²) in [7, 11) is -1.83. The molecule has 0 N–H and O–H groups in total. The predicted molar refractivity (Wildman–Crippen MR) is 157 cm³/mol. The Kier molecular flexibility index (Phi) is 5.56. The quantitative estimate of drug-likeness (QED) is 0.0855. The first kappa shape index (κ1) is 21.1. The molecule has 0 saturated carbocycles. The lowest BCUT2D eigenvalue weighted by molar-refractivity contribution is 1.14. The fourth-order valence-corrected chi connectivity index (χ4v) is 11.0. The van der Waals surface area contributed by atoms with Gasteiger partial charge in [0.25, 0.3) is 0 Å². The second-order valence-corrected chi connectivity index (χ2v) is 13.3. The molecule has 0 bridgehead atoms. The van der Waals surface area contributed by atoms with Crippen LogP contribution in [0.25, 0.3) is 32.3 Å². The van der Waals surface area contributed by atoms with Crippen molar-refractivity contribution in [3.8, 4) is 0 Å². The number of rotatable bonds is 6. The van der Waals surface area contributed by atoms with Crippen LogP contribution >= 0.6 is 29.9 Å². The zero-order chi connectivity index (χ0) is 22.3. The molecule has 6 rings (SSSR count). The van der Waals surface area contributed by atoms with Gasteiger partial charge in [-0.25, -0.2) is 0 Å². The summed E-state index contributed by atoms with van der Waals surface area (Å²) in [5.74, 6) is 0. The third kappa shape index (κ3) is 3.36. The number of hydrogen-bond donors (Lipinski definition) is 0. The van der Waals surface area contributed by atoms with Crippen LogP contribution in [0.3, 0.4) is 0 Å². The van der Waals surface area contributed by atoms with E-state index < -0.39 is 7.26 Å². The standard InChI is InChI=1S/C31H25IP/c32-21-8-22-33(26-11-3-1-4-12-26,27-13-5-2-6-14-27)29-20-18-25-16-15-23-9-7-10-24-17-19-28(29)31(25)30(23)24/h1-7,9-20H,8,21-22H2/q+1. The minimum absolute atomic E-state index is 1.17. The highest BCUT2D eigenvalue weighted by Gasteiger charge is 2.45. The van der Waals surface area contributed by atoms with Gasteiger partial charge in [-0.3, -0.25) is 0 Å². The van der Waals surface area contributed by atoms with Crippen molar-refractivity contribution in [1.82, 2.24) is 0 Å². The maximum absolute atomic E-state index is 2.54. The number of halogens is 1. The first-order chi connectivity index (χ1) is 16.3. The van der Waals surface area contributed by atoms with Gasteiger partial charge in [0.05, 0.1) is 6.16 Å². The molecule has 0 unspecified atom stereocenters. The Labute approximate surface area is 209 Å². The highest BCUT2D eigenvalue weighted by atomic mass is 127. The second-order valence-electron chi connectivity index (χ2n) is 8.69. The van der Waals surface area contributed by atoms with E-state index in [9.17, 15) is 0 Å². The predicted octanol–water partition coefficient (Wildman–Crippen LogP) is 7.70. The summed E-state index contributed by atoms with van der Waals surface area (Å²) in [5.41, 5.74) is 0. The lowest BCUT2D eigenvalue weighted by Crippen LogP contribution is -2.34. The molecule has 0 aromatic heterocycles. The van der Waals surface area contributed by atoms with Crippen LogP contribution in [0.1, 0.15) is 6.42 Å². The topological polar surface area (TPSA) is 0 Å². The second kappa shape index (κ2) is 8.70. The molecule has 0 aliphatic carbocycles. The van der Waals surface area contributed by atoms with Crippen LogP contribution in [0, 0.1) is 0 Å². The maximum atomic E-state index is 2.54. The van der Waals surface area contributed by atoms with E-state index in [0.717, 1.165) is 0 Å². The van der Waals surface area contributed by atoms with E-state index >= 15 is 0 Å². The fraction of sp³-hybridized carbons (Fsp3) is 0.0968. The van der Waals surface area contributed by atoms with Gasteiger partial charge in [-0.1, -0.05) is 101 Å². The first-order valence-corrected chi connectivity index (χ1v) is 15.1. The lowest BCUT2D eigenvalue weighted by atomic mass is 9.94. The average molecular weight is 555 g/mol. The molecule has 6 aromatic carbocycles. The first-order valence-electron chi connectivity index (χ1n) is 11.6. The molecule has 0 atom stereocenters. The molecule has 0 fully saturated rings. The van der Waals surface area contributed by atoms with Crippen molar-refractivity contribution >= 4 is 78.1 Å². The molecule has 0 saturated heterocycles. The average Bonchev–Trinajstić information content (AvgIpc) is 2.89. The molecule has 0 radical (unpaired) electrons. The molecule has 0 nitrogen and oxygen atoms in total. The van der Waals surface area contributed by atoms with Gasteiger partial charge in [0.2, 0.25) is 0 Å². The van der Waals surface area contributed by atoms with Crippen LogP contribution in [-0.4, -0.2) is 10.6 Å². The number of hydrogen-bond acceptors (Lipinski definition) is 0. The molecule has 0 amide bonds. The van der Waals surface area contributed by atoms with Gasteiger partial charge in [0.15, 0.2) is 0 Å². The van der Waals surface area contributed by atoms with E-state index in [0.29, 0.717) is 0 Å². The van der Waals surface area contributed by atoms with Crippen molar-refractivity contribution in [3.05, 3.63) is 115 Å². The molecule has 6 aromatic rings. The molecular weight excluding hydrogens is 530 g/mol. The lowest BCUT2D eigenvalue weighted by Gasteiger charge is -2.29. The third-order valence-corrected chi connectivity index (χ3v) is 12.3. The number of benzene rings is 6. The monoisotopic (exact) mass is 555 g/mol. The molecule has 160 valence electrons. The maximum Gasteiger partial charge on any atom is 0.112 e. The van der Waals surface area contributed by atoms with Gasteiger partial charge in [0, 0.05) is 15.2 Å². The summed E-state index contributed by atoms with van der Waals surface area (Å²) in [6, 6.07) is 43.4. The minimum atomic E-state index is -1.83. The van der Waals surface area contributed by atoms with Gasteiger partial charge in [-0.2, -0.15) is 0 Å². The summed E-state index contributed by atoms with van der Waals surface area (Å²) in [6.07, 6.45) is 2.40. The molecular formula is C31H25IP+. The van der Waals surface area contributed by atoms with Crippen LogP contribution in [-0.2, 0) is 0 Å². The Hall–Kier alpha value is -2.48. The zero-order valence-electron chi connectivity index (χ0n) is 18.4. The van der Waals surface area contributed by atoms with Crippen molar-refractivity contribution < 1.29 is 0 Å². The normalized spacial score (nSPS) is 12.2. The van der Waals surface area contributed by atoms with Crippen molar-refractivity contribution in [2.75, 3.05) is 10.6 Å². The third-order valence-electron chi connectivity index (χ3n) is 6.94. The smallest absolute Gasteiger partial charge is 0.0862 e. The summed E-state index contributed by atoms with van der Waals surface area (Å²) in [4.78, 5) is 0. The summed E-state index contributed by atoms with van der Waals surface area (Å²) in [6.45, 7) is 0. The van der Waals surface area contributed by atoms with Crippen molar-refractivity contribution in [2.24, 2.45) is 0 Å². The van der Waals surface area contributed by atoms with Crippen molar-refractivity contribution in [1.29, 1.82) is 0 Å². The fourth-order valence-electron chi connectivity index (χ4n) is 5.52. The summed E-state index contributed by atoms with van der Waals surface area (Å²) < 4.78 is 1.17. The highest BCUT2D eigenvalue weighted by molar-refractivity contribution is 14.1. The van der Waals surface area contributed by atoms with E-state index in [1.807, 2.05) is 0 Å². The van der Waals surface area contributed by atoms with E-state index in [-0.39, 0.29) is 0 Å². The van der Waals surface area contributed by atoms with Crippen LogP contribution in [0.5, 0.6) is 0 Å². The Balaban J connectivity index is 1.77. The van der Waals surface area contributed by atoms with Crippen LogP contribution in [0.15, 0.2) is 115 Å². The molecule has 33 heavy (non-hydrogen) atoms. The number of alkyl halides is 1. The minimum Gasteiger partial charge on any atom is -0.0862 e. The van der Waals surface area contributed by atoms with Crippen LogP contribution in [0.2, 0.25) is 0 Å². The van der Waals surface area contributed by atoms with E-state index in [2.05, 4.69) is 138 Å².